The summed E-state index contributed by atoms with van der Waals surface area (Å²) in [6, 6.07) is 11.3. The summed E-state index contributed by atoms with van der Waals surface area (Å²) in [6.07, 6.45) is 1.80. The summed E-state index contributed by atoms with van der Waals surface area (Å²) in [5.41, 5.74) is 3.68. The molecule has 0 aromatic heterocycles. The van der Waals surface area contributed by atoms with Crippen LogP contribution in [0.2, 0.25) is 0 Å². The zero-order chi connectivity index (χ0) is 25.1. The Labute approximate surface area is 207 Å². The standard InChI is InChI=1S/C28H34FN3O3/c1-5-28(34)32-13-12-30(16-20(32)3)18-27(23-7-6-19(2)26(29)15-23)35-25-9-8-22-10-11-31(21(4)33)17-24(22)14-25/h5-9,14-15,20,27H,1,10-13,16-18H2,2-4H3/t20-,27+/m1/s1. The van der Waals surface area contributed by atoms with Gasteiger partial charge < -0.3 is 14.5 Å². The Morgan fingerprint density at radius 2 is 1.97 bits per heavy atom. The van der Waals surface area contributed by atoms with Crippen LogP contribution in [0.1, 0.15) is 42.2 Å². The third kappa shape index (κ3) is 5.73. The van der Waals surface area contributed by atoms with Crippen LogP contribution in [-0.2, 0) is 22.6 Å². The highest BCUT2D eigenvalue weighted by molar-refractivity contribution is 5.87. The van der Waals surface area contributed by atoms with Gasteiger partial charge in [-0.15, -0.1) is 0 Å². The van der Waals surface area contributed by atoms with Crippen LogP contribution >= 0.6 is 0 Å². The Balaban J connectivity index is 1.55. The number of aryl methyl sites for hydroxylation is 1. The molecule has 2 atom stereocenters. The van der Waals surface area contributed by atoms with Crippen LogP contribution in [0, 0.1) is 12.7 Å². The topological polar surface area (TPSA) is 53.1 Å². The smallest absolute Gasteiger partial charge is 0.246 e. The number of fused-ring (bicyclic) bond motifs is 1. The van der Waals surface area contributed by atoms with E-state index in [9.17, 15) is 14.0 Å². The molecule has 186 valence electrons. The minimum atomic E-state index is -0.385. The maximum atomic E-state index is 14.5. The van der Waals surface area contributed by atoms with E-state index < -0.39 is 0 Å². The van der Waals surface area contributed by atoms with Crippen LogP contribution < -0.4 is 4.74 Å². The fourth-order valence-corrected chi connectivity index (χ4v) is 4.94. The van der Waals surface area contributed by atoms with Crippen LogP contribution in [0.3, 0.4) is 0 Å². The molecule has 0 radical (unpaired) electrons. The molecule has 2 amide bonds. The second-order valence-corrected chi connectivity index (χ2v) is 9.58. The monoisotopic (exact) mass is 479 g/mol. The summed E-state index contributed by atoms with van der Waals surface area (Å²) in [5.74, 6) is 0.458. The van der Waals surface area contributed by atoms with Crippen molar-refractivity contribution in [2.75, 3.05) is 32.7 Å². The minimum Gasteiger partial charge on any atom is -0.484 e. The van der Waals surface area contributed by atoms with Crippen molar-refractivity contribution in [3.63, 3.8) is 0 Å². The van der Waals surface area contributed by atoms with Crippen molar-refractivity contribution in [2.45, 2.75) is 45.9 Å². The number of hydrogen-bond donors (Lipinski definition) is 0. The molecular formula is C28H34FN3O3. The molecule has 0 saturated carbocycles. The number of halogens is 1. The maximum absolute atomic E-state index is 14.5. The summed E-state index contributed by atoms with van der Waals surface area (Å²) < 4.78 is 21.0. The van der Waals surface area contributed by atoms with Crippen molar-refractivity contribution in [3.05, 3.63) is 77.1 Å². The second kappa shape index (κ2) is 10.6. The molecule has 2 aromatic rings. The van der Waals surface area contributed by atoms with Gasteiger partial charge >= 0.3 is 0 Å². The lowest BCUT2D eigenvalue weighted by molar-refractivity contribution is -0.131. The Hall–Kier alpha value is -3.19. The highest BCUT2D eigenvalue weighted by atomic mass is 19.1. The van der Waals surface area contributed by atoms with E-state index in [1.54, 1.807) is 26.0 Å². The van der Waals surface area contributed by atoms with Crippen LogP contribution in [0.5, 0.6) is 5.75 Å². The first-order valence-corrected chi connectivity index (χ1v) is 12.2. The molecule has 2 aromatic carbocycles. The fourth-order valence-electron chi connectivity index (χ4n) is 4.94. The van der Waals surface area contributed by atoms with Crippen LogP contribution in [-0.4, -0.2) is 65.3 Å². The number of piperazine rings is 1. The SMILES string of the molecule is C=CC(=O)N1CCN(C[C@H](Oc2ccc3c(c2)CN(C(C)=O)CC3)c2ccc(C)c(F)c2)C[C@H]1C. The molecule has 1 fully saturated rings. The molecule has 2 aliphatic rings. The molecule has 7 heteroatoms. The molecule has 0 aliphatic carbocycles. The third-order valence-corrected chi connectivity index (χ3v) is 7.07. The van der Waals surface area contributed by atoms with Gasteiger partial charge in [-0.1, -0.05) is 24.8 Å². The number of amides is 2. The molecule has 1 saturated heterocycles. The van der Waals surface area contributed by atoms with Gasteiger partial charge in [0.1, 0.15) is 17.7 Å². The van der Waals surface area contributed by atoms with Gasteiger partial charge in [0.05, 0.1) is 0 Å². The number of rotatable bonds is 6. The number of hydrogen-bond acceptors (Lipinski definition) is 4. The molecule has 6 nitrogen and oxygen atoms in total. The van der Waals surface area contributed by atoms with Gasteiger partial charge in [-0.3, -0.25) is 14.5 Å². The molecule has 0 bridgehead atoms. The molecule has 2 heterocycles. The minimum absolute atomic E-state index is 0.0472. The molecule has 4 rings (SSSR count). The zero-order valence-electron chi connectivity index (χ0n) is 20.8. The van der Waals surface area contributed by atoms with Crippen LogP contribution in [0.15, 0.2) is 49.1 Å². The van der Waals surface area contributed by atoms with Gasteiger partial charge in [0.15, 0.2) is 0 Å². The predicted molar refractivity (Wildman–Crippen MR) is 134 cm³/mol. The summed E-state index contributed by atoms with van der Waals surface area (Å²) in [7, 11) is 0. The van der Waals surface area contributed by atoms with E-state index >= 15 is 0 Å². The summed E-state index contributed by atoms with van der Waals surface area (Å²) >= 11 is 0. The van der Waals surface area contributed by atoms with Gasteiger partial charge in [-0.2, -0.15) is 0 Å². The van der Waals surface area contributed by atoms with E-state index in [0.29, 0.717) is 44.0 Å². The lowest BCUT2D eigenvalue weighted by Gasteiger charge is -2.40. The molecule has 0 spiro atoms. The largest absolute Gasteiger partial charge is 0.484 e. The number of nitrogens with zero attached hydrogens (tertiary/aromatic N) is 3. The zero-order valence-corrected chi connectivity index (χ0v) is 20.8. The molecular weight excluding hydrogens is 445 g/mol. The van der Waals surface area contributed by atoms with Crippen molar-refractivity contribution < 1.29 is 18.7 Å². The van der Waals surface area contributed by atoms with Crippen molar-refractivity contribution in [1.29, 1.82) is 0 Å². The number of benzene rings is 2. The molecule has 0 N–H and O–H groups in total. The molecule has 2 aliphatic heterocycles. The van der Waals surface area contributed by atoms with Gasteiger partial charge in [-0.25, -0.2) is 4.39 Å². The maximum Gasteiger partial charge on any atom is 0.246 e. The van der Waals surface area contributed by atoms with Gasteiger partial charge in [0, 0.05) is 52.2 Å². The van der Waals surface area contributed by atoms with Gasteiger partial charge in [0.25, 0.3) is 0 Å². The summed E-state index contributed by atoms with van der Waals surface area (Å²) in [4.78, 5) is 29.9. The quantitative estimate of drug-likeness (QED) is 0.590. The second-order valence-electron chi connectivity index (χ2n) is 9.58. The van der Waals surface area contributed by atoms with E-state index in [4.69, 9.17) is 4.74 Å². The van der Waals surface area contributed by atoms with Crippen molar-refractivity contribution >= 4 is 11.8 Å². The van der Waals surface area contributed by atoms with Crippen molar-refractivity contribution in [1.82, 2.24) is 14.7 Å². The van der Waals surface area contributed by atoms with Gasteiger partial charge in [-0.05, 0) is 66.8 Å². The Morgan fingerprint density at radius 1 is 1.17 bits per heavy atom. The number of carbonyl (C=O) groups is 2. The lowest BCUT2D eigenvalue weighted by atomic mass is 9.99. The predicted octanol–water partition coefficient (Wildman–Crippen LogP) is 3.88. The van der Waals surface area contributed by atoms with Crippen molar-refractivity contribution in [2.24, 2.45) is 0 Å². The summed E-state index contributed by atoms with van der Waals surface area (Å²) in [6.45, 7) is 12.9. The van der Waals surface area contributed by atoms with Crippen LogP contribution in [0.25, 0.3) is 0 Å². The highest BCUT2D eigenvalue weighted by Gasteiger charge is 2.29. The van der Waals surface area contributed by atoms with E-state index in [1.807, 2.05) is 34.9 Å². The Morgan fingerprint density at radius 3 is 2.66 bits per heavy atom. The van der Waals surface area contributed by atoms with E-state index in [0.717, 1.165) is 24.1 Å². The number of ether oxygens (including phenoxy) is 1. The highest BCUT2D eigenvalue weighted by Crippen LogP contribution is 2.29. The Kier molecular flexibility index (Phi) is 7.55. The first kappa shape index (κ1) is 24.9. The first-order valence-electron chi connectivity index (χ1n) is 12.2. The van der Waals surface area contributed by atoms with E-state index in [-0.39, 0.29) is 29.8 Å². The summed E-state index contributed by atoms with van der Waals surface area (Å²) in [5, 5.41) is 0. The lowest BCUT2D eigenvalue weighted by Crippen LogP contribution is -2.54. The molecule has 35 heavy (non-hydrogen) atoms. The number of carbonyl (C=O) groups excluding carboxylic acids is 2. The normalized spacial score (nSPS) is 19.1. The van der Waals surface area contributed by atoms with E-state index in [2.05, 4.69) is 17.5 Å². The third-order valence-electron chi connectivity index (χ3n) is 7.07. The van der Waals surface area contributed by atoms with Gasteiger partial charge in [0.2, 0.25) is 11.8 Å². The molecule has 0 unspecified atom stereocenters. The Bertz CT molecular complexity index is 1120. The van der Waals surface area contributed by atoms with Crippen molar-refractivity contribution in [3.8, 4) is 5.75 Å². The first-order chi connectivity index (χ1) is 16.7. The fraction of sp³-hybridized carbons (Fsp3) is 0.429. The average Bonchev–Trinajstić information content (AvgIpc) is 2.84. The average molecular weight is 480 g/mol. The van der Waals surface area contributed by atoms with Crippen LogP contribution in [0.4, 0.5) is 4.39 Å². The van der Waals surface area contributed by atoms with E-state index in [1.165, 1.54) is 11.6 Å².